The summed E-state index contributed by atoms with van der Waals surface area (Å²) in [6, 6.07) is 4.93. The van der Waals surface area contributed by atoms with Crippen molar-refractivity contribution in [2.45, 2.75) is 78.0 Å². The Balaban J connectivity index is 2.99. The zero-order chi connectivity index (χ0) is 26.8. The minimum absolute atomic E-state index is 0.0835. The number of rotatable bonds is 12. The number of amides is 3. The zero-order valence-corrected chi connectivity index (χ0v) is 21.6. The molecule has 0 radical (unpaired) electrons. The van der Waals surface area contributed by atoms with Crippen molar-refractivity contribution in [1.29, 1.82) is 0 Å². The summed E-state index contributed by atoms with van der Waals surface area (Å²) >= 11 is 0. The summed E-state index contributed by atoms with van der Waals surface area (Å²) in [6.07, 6.45) is 0.922. The SMILES string of the molecule is COC(=O)Cc1ccc(N(C(=O)[C@@H](N)C(C)C)[C@@H](CCCCNC(=O)OC(C)(C)C)C(N)=O)cc1. The van der Waals surface area contributed by atoms with Gasteiger partial charge in [0.25, 0.3) is 0 Å². The van der Waals surface area contributed by atoms with Gasteiger partial charge in [-0.05, 0) is 63.6 Å². The number of anilines is 1. The highest BCUT2D eigenvalue weighted by molar-refractivity contribution is 6.03. The Morgan fingerprint density at radius 1 is 1.06 bits per heavy atom. The van der Waals surface area contributed by atoms with Crippen LogP contribution in [0.2, 0.25) is 0 Å². The van der Waals surface area contributed by atoms with E-state index < -0.39 is 35.6 Å². The van der Waals surface area contributed by atoms with E-state index in [-0.39, 0.29) is 24.7 Å². The predicted octanol–water partition coefficient (Wildman–Crippen LogP) is 2.27. The fourth-order valence-corrected chi connectivity index (χ4v) is 3.29. The van der Waals surface area contributed by atoms with Gasteiger partial charge in [0.2, 0.25) is 11.8 Å². The number of nitrogens with two attached hydrogens (primary N) is 2. The number of carbonyl (C=O) groups is 4. The van der Waals surface area contributed by atoms with E-state index in [2.05, 4.69) is 10.1 Å². The summed E-state index contributed by atoms with van der Waals surface area (Å²) in [4.78, 5) is 50.4. The molecule has 0 aliphatic heterocycles. The zero-order valence-electron chi connectivity index (χ0n) is 21.6. The lowest BCUT2D eigenvalue weighted by molar-refractivity contribution is -0.139. The van der Waals surface area contributed by atoms with Crippen LogP contribution in [0.5, 0.6) is 0 Å². The van der Waals surface area contributed by atoms with Crippen molar-refractivity contribution in [2.24, 2.45) is 17.4 Å². The fraction of sp³-hybridized carbons (Fsp3) is 0.600. The number of unbranched alkanes of at least 4 members (excludes halogenated alkanes) is 1. The Morgan fingerprint density at radius 2 is 1.66 bits per heavy atom. The van der Waals surface area contributed by atoms with E-state index in [1.807, 2.05) is 13.8 Å². The molecule has 35 heavy (non-hydrogen) atoms. The standard InChI is InChI=1S/C25H40N4O6/c1-16(2)21(26)23(32)29(18-12-10-17(11-13-18)15-20(30)34-6)19(22(27)31)9-7-8-14-28-24(33)35-25(3,4)5/h10-13,16,19,21H,7-9,14-15,26H2,1-6H3,(H2,27,31)(H,28,33)/t19-,21-/m0/s1. The first-order chi connectivity index (χ1) is 16.3. The molecule has 0 unspecified atom stereocenters. The third kappa shape index (κ3) is 10.3. The van der Waals surface area contributed by atoms with Crippen molar-refractivity contribution in [1.82, 2.24) is 5.32 Å². The van der Waals surface area contributed by atoms with Crippen molar-refractivity contribution in [3.05, 3.63) is 29.8 Å². The third-order valence-electron chi connectivity index (χ3n) is 5.24. The van der Waals surface area contributed by atoms with Gasteiger partial charge in [0.15, 0.2) is 0 Å². The van der Waals surface area contributed by atoms with E-state index in [1.165, 1.54) is 12.0 Å². The van der Waals surface area contributed by atoms with Gasteiger partial charge in [0.05, 0.1) is 19.6 Å². The number of nitrogens with zero attached hydrogens (tertiary/aromatic N) is 1. The summed E-state index contributed by atoms with van der Waals surface area (Å²) in [5.41, 5.74) is 12.4. The minimum Gasteiger partial charge on any atom is -0.469 e. The second-order valence-corrected chi connectivity index (χ2v) is 9.74. The van der Waals surface area contributed by atoms with Gasteiger partial charge < -0.3 is 26.3 Å². The first-order valence-corrected chi connectivity index (χ1v) is 11.8. The lowest BCUT2D eigenvalue weighted by Gasteiger charge is -2.33. The first kappa shape index (κ1) is 29.9. The highest BCUT2D eigenvalue weighted by Gasteiger charge is 2.33. The Hall–Kier alpha value is -3.14. The Bertz CT molecular complexity index is 864. The summed E-state index contributed by atoms with van der Waals surface area (Å²) in [5, 5.41) is 2.67. The van der Waals surface area contributed by atoms with Crippen molar-refractivity contribution in [2.75, 3.05) is 18.6 Å². The molecule has 10 heteroatoms. The van der Waals surface area contributed by atoms with Crippen LogP contribution in [0.3, 0.4) is 0 Å². The molecule has 0 heterocycles. The number of benzene rings is 1. The number of carbonyl (C=O) groups excluding carboxylic acids is 4. The van der Waals surface area contributed by atoms with Crippen molar-refractivity contribution >= 4 is 29.6 Å². The van der Waals surface area contributed by atoms with E-state index >= 15 is 0 Å². The number of ether oxygens (including phenoxy) is 2. The highest BCUT2D eigenvalue weighted by Crippen LogP contribution is 2.23. The predicted molar refractivity (Wildman–Crippen MR) is 134 cm³/mol. The van der Waals surface area contributed by atoms with Crippen molar-refractivity contribution < 1.29 is 28.7 Å². The molecule has 196 valence electrons. The number of nitrogens with one attached hydrogen (secondary N) is 1. The normalized spacial score (nSPS) is 13.0. The summed E-state index contributed by atoms with van der Waals surface area (Å²) in [6.45, 7) is 9.32. The molecule has 10 nitrogen and oxygen atoms in total. The van der Waals surface area contributed by atoms with Crippen molar-refractivity contribution in [3.63, 3.8) is 0 Å². The number of primary amides is 1. The lowest BCUT2D eigenvalue weighted by atomic mass is 9.99. The molecule has 0 saturated carbocycles. The smallest absolute Gasteiger partial charge is 0.407 e. The maximum Gasteiger partial charge on any atom is 0.407 e. The Morgan fingerprint density at radius 3 is 2.14 bits per heavy atom. The van der Waals surface area contributed by atoms with E-state index in [9.17, 15) is 19.2 Å². The summed E-state index contributed by atoms with van der Waals surface area (Å²) < 4.78 is 9.89. The van der Waals surface area contributed by atoms with Crippen LogP contribution in [-0.4, -0.2) is 55.2 Å². The van der Waals surface area contributed by atoms with Gasteiger partial charge in [-0.3, -0.25) is 19.3 Å². The molecule has 0 aliphatic carbocycles. The topological polar surface area (TPSA) is 154 Å². The number of hydrogen-bond donors (Lipinski definition) is 3. The van der Waals surface area contributed by atoms with Crippen LogP contribution in [0.15, 0.2) is 24.3 Å². The average molecular weight is 493 g/mol. The van der Waals surface area contributed by atoms with Gasteiger partial charge in [0, 0.05) is 12.2 Å². The number of alkyl carbamates (subject to hydrolysis) is 1. The second-order valence-electron chi connectivity index (χ2n) is 9.74. The molecule has 3 amide bonds. The van der Waals surface area contributed by atoms with Gasteiger partial charge in [-0.1, -0.05) is 26.0 Å². The quantitative estimate of drug-likeness (QED) is 0.299. The Labute approximate surface area is 207 Å². The second kappa shape index (κ2) is 13.7. The van der Waals surface area contributed by atoms with E-state index in [0.29, 0.717) is 30.6 Å². The van der Waals surface area contributed by atoms with Crippen LogP contribution < -0.4 is 21.7 Å². The van der Waals surface area contributed by atoms with Gasteiger partial charge in [-0.2, -0.15) is 0 Å². The third-order valence-corrected chi connectivity index (χ3v) is 5.24. The first-order valence-electron chi connectivity index (χ1n) is 11.8. The average Bonchev–Trinajstić information content (AvgIpc) is 2.76. The molecule has 1 aromatic rings. The largest absolute Gasteiger partial charge is 0.469 e. The molecular formula is C25H40N4O6. The molecule has 0 saturated heterocycles. The number of esters is 1. The molecular weight excluding hydrogens is 452 g/mol. The molecule has 0 spiro atoms. The van der Waals surface area contributed by atoms with E-state index in [1.54, 1.807) is 45.0 Å². The monoisotopic (exact) mass is 492 g/mol. The molecule has 0 bridgehead atoms. The van der Waals surface area contributed by atoms with E-state index in [4.69, 9.17) is 16.2 Å². The molecule has 5 N–H and O–H groups in total. The molecule has 0 fully saturated rings. The maximum absolute atomic E-state index is 13.3. The number of hydrogen-bond acceptors (Lipinski definition) is 7. The van der Waals surface area contributed by atoms with Gasteiger partial charge in [-0.25, -0.2) is 4.79 Å². The van der Waals surface area contributed by atoms with Crippen LogP contribution in [0, 0.1) is 5.92 Å². The Kier molecular flexibility index (Phi) is 11.7. The molecule has 1 aromatic carbocycles. The van der Waals surface area contributed by atoms with Gasteiger partial charge in [-0.15, -0.1) is 0 Å². The summed E-state index contributed by atoms with van der Waals surface area (Å²) in [7, 11) is 1.31. The number of methoxy groups -OCH3 is 1. The molecule has 0 aromatic heterocycles. The van der Waals surface area contributed by atoms with Crippen LogP contribution in [0.4, 0.5) is 10.5 Å². The molecule has 1 rings (SSSR count). The van der Waals surface area contributed by atoms with Gasteiger partial charge in [0.1, 0.15) is 11.6 Å². The van der Waals surface area contributed by atoms with E-state index in [0.717, 1.165) is 0 Å². The van der Waals surface area contributed by atoms with Crippen LogP contribution in [0.25, 0.3) is 0 Å². The van der Waals surface area contributed by atoms with Crippen LogP contribution in [-0.2, 0) is 30.3 Å². The maximum atomic E-state index is 13.3. The van der Waals surface area contributed by atoms with Crippen LogP contribution in [0.1, 0.15) is 59.4 Å². The minimum atomic E-state index is -0.930. The van der Waals surface area contributed by atoms with Gasteiger partial charge >= 0.3 is 12.1 Å². The molecule has 0 aliphatic rings. The summed E-state index contributed by atoms with van der Waals surface area (Å²) in [5.74, 6) is -1.62. The van der Waals surface area contributed by atoms with Crippen LogP contribution >= 0.6 is 0 Å². The highest BCUT2D eigenvalue weighted by atomic mass is 16.6. The van der Waals surface area contributed by atoms with Crippen molar-refractivity contribution in [3.8, 4) is 0 Å². The fourth-order valence-electron chi connectivity index (χ4n) is 3.29. The molecule has 2 atom stereocenters. The lowest BCUT2D eigenvalue weighted by Crippen LogP contribution is -2.55.